The van der Waals surface area contributed by atoms with Crippen LogP contribution in [0.25, 0.3) is 0 Å². The van der Waals surface area contributed by atoms with Crippen LogP contribution in [-0.4, -0.2) is 14.2 Å². The van der Waals surface area contributed by atoms with E-state index in [2.05, 4.69) is 46.1 Å². The normalized spacial score (nSPS) is 10.4. The molecular formula is C16H17BrClNO. The maximum atomic E-state index is 6.04. The van der Waals surface area contributed by atoms with Gasteiger partial charge in [-0.3, -0.25) is 0 Å². The summed E-state index contributed by atoms with van der Waals surface area (Å²) in [5, 5.41) is 0. The van der Waals surface area contributed by atoms with Gasteiger partial charge in [-0.05, 0) is 29.8 Å². The van der Waals surface area contributed by atoms with Crippen molar-refractivity contribution in [2.24, 2.45) is 0 Å². The lowest BCUT2D eigenvalue weighted by molar-refractivity contribution is 0.409. The van der Waals surface area contributed by atoms with E-state index < -0.39 is 0 Å². The van der Waals surface area contributed by atoms with Crippen LogP contribution in [0.1, 0.15) is 11.1 Å². The number of para-hydroxylation sites is 1. The minimum absolute atomic E-state index is 0.491. The summed E-state index contributed by atoms with van der Waals surface area (Å²) in [5.41, 5.74) is 3.40. The Hall–Kier alpha value is -1.19. The monoisotopic (exact) mass is 353 g/mol. The molecule has 20 heavy (non-hydrogen) atoms. The first-order chi connectivity index (χ1) is 9.65. The van der Waals surface area contributed by atoms with Gasteiger partial charge in [-0.15, -0.1) is 11.6 Å². The van der Waals surface area contributed by atoms with E-state index >= 15 is 0 Å². The highest BCUT2D eigenvalue weighted by molar-refractivity contribution is 9.10. The average Bonchev–Trinajstić information content (AvgIpc) is 2.47. The molecule has 4 heteroatoms. The van der Waals surface area contributed by atoms with E-state index in [0.717, 1.165) is 33.6 Å². The van der Waals surface area contributed by atoms with Crippen molar-refractivity contribution in [3.63, 3.8) is 0 Å². The summed E-state index contributed by atoms with van der Waals surface area (Å²) in [5.74, 6) is 1.40. The Labute approximate surface area is 133 Å². The van der Waals surface area contributed by atoms with Gasteiger partial charge < -0.3 is 9.64 Å². The van der Waals surface area contributed by atoms with Crippen LogP contribution < -0.4 is 9.64 Å². The van der Waals surface area contributed by atoms with Crippen LogP contribution in [0, 0.1) is 0 Å². The summed E-state index contributed by atoms with van der Waals surface area (Å²) in [7, 11) is 3.76. The first-order valence-corrected chi connectivity index (χ1v) is 7.66. The van der Waals surface area contributed by atoms with Gasteiger partial charge in [0.1, 0.15) is 5.75 Å². The molecular weight excluding hydrogens is 338 g/mol. The zero-order valence-corrected chi connectivity index (χ0v) is 13.9. The molecule has 0 fully saturated rings. The second-order valence-corrected chi connectivity index (χ2v) is 5.76. The molecule has 0 aliphatic carbocycles. The summed E-state index contributed by atoms with van der Waals surface area (Å²) >= 11 is 9.52. The second-order valence-electron chi connectivity index (χ2n) is 4.57. The molecule has 0 unspecified atom stereocenters. The Morgan fingerprint density at radius 2 is 1.90 bits per heavy atom. The number of methoxy groups -OCH3 is 1. The van der Waals surface area contributed by atoms with Crippen molar-refractivity contribution in [2.45, 2.75) is 12.4 Å². The molecule has 0 radical (unpaired) electrons. The zero-order chi connectivity index (χ0) is 14.5. The molecule has 0 saturated heterocycles. The van der Waals surface area contributed by atoms with E-state index in [1.165, 1.54) is 0 Å². The highest BCUT2D eigenvalue weighted by Gasteiger charge is 2.10. The lowest BCUT2D eigenvalue weighted by Gasteiger charge is -2.23. The smallest absolute Gasteiger partial charge is 0.123 e. The van der Waals surface area contributed by atoms with Gasteiger partial charge in [0.25, 0.3) is 0 Å². The second kappa shape index (κ2) is 7.00. The Morgan fingerprint density at radius 1 is 1.15 bits per heavy atom. The van der Waals surface area contributed by atoms with Crippen molar-refractivity contribution in [2.75, 3.05) is 19.1 Å². The highest BCUT2D eigenvalue weighted by Crippen LogP contribution is 2.28. The van der Waals surface area contributed by atoms with Crippen LogP contribution in [0.5, 0.6) is 5.75 Å². The number of nitrogens with zero attached hydrogens (tertiary/aromatic N) is 1. The molecule has 0 N–H and O–H groups in total. The van der Waals surface area contributed by atoms with Gasteiger partial charge in [-0.1, -0.05) is 34.1 Å². The van der Waals surface area contributed by atoms with Gasteiger partial charge in [0.2, 0.25) is 0 Å². The van der Waals surface area contributed by atoms with E-state index in [-0.39, 0.29) is 0 Å². The Kier molecular flexibility index (Phi) is 5.32. The number of hydrogen-bond acceptors (Lipinski definition) is 2. The molecule has 0 saturated carbocycles. The molecule has 0 aromatic heterocycles. The average molecular weight is 355 g/mol. The molecule has 0 aliphatic heterocycles. The van der Waals surface area contributed by atoms with Crippen molar-refractivity contribution in [3.8, 4) is 5.75 Å². The summed E-state index contributed by atoms with van der Waals surface area (Å²) in [6, 6.07) is 14.2. The maximum Gasteiger partial charge on any atom is 0.123 e. The number of hydrogen-bond donors (Lipinski definition) is 0. The van der Waals surface area contributed by atoms with Gasteiger partial charge >= 0.3 is 0 Å². The molecule has 0 atom stereocenters. The maximum absolute atomic E-state index is 6.04. The minimum atomic E-state index is 0.491. The molecule has 106 valence electrons. The predicted molar refractivity (Wildman–Crippen MR) is 88.8 cm³/mol. The lowest BCUT2D eigenvalue weighted by Crippen LogP contribution is -2.18. The van der Waals surface area contributed by atoms with Crippen LogP contribution in [0.2, 0.25) is 0 Å². The van der Waals surface area contributed by atoms with Gasteiger partial charge in [-0.25, -0.2) is 0 Å². The number of benzene rings is 2. The van der Waals surface area contributed by atoms with Crippen LogP contribution in [0.4, 0.5) is 5.69 Å². The summed E-state index contributed by atoms with van der Waals surface area (Å²) in [6.07, 6.45) is 0. The Morgan fingerprint density at radius 3 is 2.60 bits per heavy atom. The third-order valence-electron chi connectivity index (χ3n) is 3.20. The third kappa shape index (κ3) is 3.47. The van der Waals surface area contributed by atoms with E-state index in [1.807, 2.05) is 24.3 Å². The number of anilines is 1. The standard InChI is InChI=1S/C16H17BrClNO/c1-19(11-12-5-3-4-6-16(12)20-2)15-8-7-14(17)9-13(15)10-18/h3-9H,10-11H2,1-2H3. The van der Waals surface area contributed by atoms with E-state index in [4.69, 9.17) is 16.3 Å². The van der Waals surface area contributed by atoms with E-state index in [0.29, 0.717) is 5.88 Å². The molecule has 2 nitrogen and oxygen atoms in total. The summed E-state index contributed by atoms with van der Waals surface area (Å²) in [6.45, 7) is 0.773. The van der Waals surface area contributed by atoms with Gasteiger partial charge in [0, 0.05) is 35.2 Å². The fraction of sp³-hybridized carbons (Fsp3) is 0.250. The SMILES string of the molecule is COc1ccccc1CN(C)c1ccc(Br)cc1CCl. The van der Waals surface area contributed by atoms with Crippen molar-refractivity contribution in [3.05, 3.63) is 58.1 Å². The molecule has 2 rings (SSSR count). The van der Waals surface area contributed by atoms with E-state index in [1.54, 1.807) is 7.11 Å². The fourth-order valence-electron chi connectivity index (χ4n) is 2.21. The first-order valence-electron chi connectivity index (χ1n) is 6.33. The van der Waals surface area contributed by atoms with Crippen LogP contribution in [0.3, 0.4) is 0 Å². The number of halogens is 2. The number of ether oxygens (including phenoxy) is 1. The minimum Gasteiger partial charge on any atom is -0.496 e. The van der Waals surface area contributed by atoms with Crippen LogP contribution in [-0.2, 0) is 12.4 Å². The van der Waals surface area contributed by atoms with Crippen molar-refractivity contribution in [1.29, 1.82) is 0 Å². The molecule has 0 bridgehead atoms. The Bertz CT molecular complexity index is 588. The van der Waals surface area contributed by atoms with Crippen molar-refractivity contribution >= 4 is 33.2 Å². The molecule has 0 aliphatic rings. The van der Waals surface area contributed by atoms with E-state index in [9.17, 15) is 0 Å². The Balaban J connectivity index is 2.26. The molecule has 0 amide bonds. The van der Waals surface area contributed by atoms with Crippen LogP contribution in [0.15, 0.2) is 46.9 Å². The quantitative estimate of drug-likeness (QED) is 0.713. The van der Waals surface area contributed by atoms with Crippen molar-refractivity contribution in [1.82, 2.24) is 0 Å². The summed E-state index contributed by atoms with van der Waals surface area (Å²) < 4.78 is 6.44. The molecule has 2 aromatic rings. The lowest BCUT2D eigenvalue weighted by atomic mass is 10.1. The van der Waals surface area contributed by atoms with Crippen LogP contribution >= 0.6 is 27.5 Å². The van der Waals surface area contributed by atoms with Crippen molar-refractivity contribution < 1.29 is 4.74 Å². The largest absolute Gasteiger partial charge is 0.496 e. The number of rotatable bonds is 5. The zero-order valence-electron chi connectivity index (χ0n) is 11.6. The highest BCUT2D eigenvalue weighted by atomic mass is 79.9. The van der Waals surface area contributed by atoms with Gasteiger partial charge in [0.15, 0.2) is 0 Å². The summed E-state index contributed by atoms with van der Waals surface area (Å²) in [4.78, 5) is 2.18. The first kappa shape index (κ1) is 15.2. The predicted octanol–water partition coefficient (Wildman–Crippen LogP) is 4.83. The topological polar surface area (TPSA) is 12.5 Å². The molecule has 2 aromatic carbocycles. The number of alkyl halides is 1. The third-order valence-corrected chi connectivity index (χ3v) is 3.98. The fourth-order valence-corrected chi connectivity index (χ4v) is 2.83. The molecule has 0 spiro atoms. The molecule has 0 heterocycles. The van der Waals surface area contributed by atoms with Gasteiger partial charge in [-0.2, -0.15) is 0 Å². The van der Waals surface area contributed by atoms with Gasteiger partial charge in [0.05, 0.1) is 7.11 Å².